The van der Waals surface area contributed by atoms with E-state index in [4.69, 9.17) is 15.2 Å². The van der Waals surface area contributed by atoms with Gasteiger partial charge in [-0.2, -0.15) is 4.98 Å². The summed E-state index contributed by atoms with van der Waals surface area (Å²) in [4.78, 5) is 22.7. The van der Waals surface area contributed by atoms with Gasteiger partial charge in [-0.15, -0.1) is 0 Å². The SMILES string of the molecule is Cc1ccc(Nc2ncc(F)c(N[C@H]3[C@@H](C(N)=O)[C@@H]4C=C[C@H]3C4)n2)cc1OCCN1CCOCC1. The summed E-state index contributed by atoms with van der Waals surface area (Å²) >= 11 is 0. The fourth-order valence-corrected chi connectivity index (χ4v) is 5.17. The Bertz CT molecular complexity index is 1110. The van der Waals surface area contributed by atoms with Crippen molar-refractivity contribution in [2.45, 2.75) is 19.4 Å². The van der Waals surface area contributed by atoms with Crippen molar-refractivity contribution < 1.29 is 18.7 Å². The van der Waals surface area contributed by atoms with E-state index in [-0.39, 0.29) is 41.5 Å². The summed E-state index contributed by atoms with van der Waals surface area (Å²) in [5, 5.41) is 6.25. The Hall–Kier alpha value is -3.24. The maximum absolute atomic E-state index is 14.6. The number of aryl methyl sites for hydroxylation is 1. The number of anilines is 3. The molecule has 186 valence electrons. The van der Waals surface area contributed by atoms with Crippen LogP contribution >= 0.6 is 0 Å². The van der Waals surface area contributed by atoms with Gasteiger partial charge < -0.3 is 25.8 Å². The number of allylic oxidation sites excluding steroid dienone is 1. The molecule has 2 bridgehead atoms. The third kappa shape index (κ3) is 5.23. The lowest BCUT2D eigenvalue weighted by atomic mass is 9.88. The van der Waals surface area contributed by atoms with Crippen molar-refractivity contribution in [1.82, 2.24) is 14.9 Å². The lowest BCUT2D eigenvalue weighted by Crippen LogP contribution is -2.41. The molecule has 4 N–H and O–H groups in total. The molecule has 0 radical (unpaired) electrons. The van der Waals surface area contributed by atoms with Crippen LogP contribution in [-0.4, -0.2) is 66.3 Å². The Morgan fingerprint density at radius 1 is 1.29 bits per heavy atom. The third-order valence-corrected chi connectivity index (χ3v) is 7.05. The molecule has 0 spiro atoms. The average molecular weight is 483 g/mol. The lowest BCUT2D eigenvalue weighted by Gasteiger charge is -2.27. The first-order valence-corrected chi connectivity index (χ1v) is 12.1. The normalized spacial score (nSPS) is 25.5. The minimum absolute atomic E-state index is 0.0498. The highest BCUT2D eigenvalue weighted by Gasteiger charge is 2.47. The number of rotatable bonds is 9. The van der Waals surface area contributed by atoms with Crippen molar-refractivity contribution in [2.24, 2.45) is 23.5 Å². The summed E-state index contributed by atoms with van der Waals surface area (Å²) in [5.41, 5.74) is 7.37. The molecule has 2 fully saturated rings. The van der Waals surface area contributed by atoms with Crippen LogP contribution in [0.5, 0.6) is 5.75 Å². The Morgan fingerprint density at radius 3 is 2.89 bits per heavy atom. The maximum Gasteiger partial charge on any atom is 0.229 e. The zero-order valence-corrected chi connectivity index (χ0v) is 19.7. The Labute approximate surface area is 203 Å². The quantitative estimate of drug-likeness (QED) is 0.467. The number of hydrogen-bond donors (Lipinski definition) is 3. The number of amides is 1. The lowest BCUT2D eigenvalue weighted by molar-refractivity contribution is -0.122. The number of fused-ring (bicyclic) bond motifs is 2. The molecule has 1 amide bonds. The monoisotopic (exact) mass is 482 g/mol. The number of nitrogens with two attached hydrogens (primary N) is 1. The molecule has 35 heavy (non-hydrogen) atoms. The summed E-state index contributed by atoms with van der Waals surface area (Å²) in [6.07, 6.45) is 6.04. The summed E-state index contributed by atoms with van der Waals surface area (Å²) in [6, 6.07) is 5.45. The molecule has 2 aliphatic carbocycles. The number of morpholine rings is 1. The minimum atomic E-state index is -0.582. The molecule has 1 aliphatic heterocycles. The van der Waals surface area contributed by atoms with E-state index in [1.54, 1.807) is 0 Å². The first-order chi connectivity index (χ1) is 17.0. The second-order valence-corrected chi connectivity index (χ2v) is 9.34. The van der Waals surface area contributed by atoms with E-state index < -0.39 is 5.82 Å². The summed E-state index contributed by atoms with van der Waals surface area (Å²) in [7, 11) is 0. The predicted octanol–water partition coefficient (Wildman–Crippen LogP) is 2.47. The maximum atomic E-state index is 14.6. The van der Waals surface area contributed by atoms with E-state index in [0.29, 0.717) is 6.61 Å². The van der Waals surface area contributed by atoms with Crippen molar-refractivity contribution >= 4 is 23.4 Å². The largest absolute Gasteiger partial charge is 0.492 e. The van der Waals surface area contributed by atoms with Crippen LogP contribution in [0.15, 0.2) is 36.5 Å². The number of carbonyl (C=O) groups excluding carboxylic acids is 1. The predicted molar refractivity (Wildman–Crippen MR) is 130 cm³/mol. The molecule has 2 aromatic rings. The highest BCUT2D eigenvalue weighted by Crippen LogP contribution is 2.44. The summed E-state index contributed by atoms with van der Waals surface area (Å²) < 4.78 is 26.0. The first kappa shape index (κ1) is 23.5. The van der Waals surface area contributed by atoms with E-state index in [1.165, 1.54) is 0 Å². The molecule has 2 heterocycles. The van der Waals surface area contributed by atoms with Crippen LogP contribution in [0.2, 0.25) is 0 Å². The van der Waals surface area contributed by atoms with Crippen molar-refractivity contribution in [3.05, 3.63) is 47.9 Å². The molecular weight excluding hydrogens is 451 g/mol. The molecule has 1 aromatic heterocycles. The Kier molecular flexibility index (Phi) is 6.83. The molecule has 1 aromatic carbocycles. The number of ether oxygens (including phenoxy) is 2. The van der Waals surface area contributed by atoms with Crippen LogP contribution in [-0.2, 0) is 9.53 Å². The molecule has 10 heteroatoms. The topological polar surface area (TPSA) is 115 Å². The second kappa shape index (κ2) is 10.2. The summed E-state index contributed by atoms with van der Waals surface area (Å²) in [6.45, 7) is 6.75. The summed E-state index contributed by atoms with van der Waals surface area (Å²) in [5.74, 6) is -0.0780. The van der Waals surface area contributed by atoms with Gasteiger partial charge in [0.1, 0.15) is 12.4 Å². The van der Waals surface area contributed by atoms with Gasteiger partial charge in [0.2, 0.25) is 11.9 Å². The van der Waals surface area contributed by atoms with Gasteiger partial charge in [-0.3, -0.25) is 9.69 Å². The Morgan fingerprint density at radius 2 is 2.09 bits per heavy atom. The highest BCUT2D eigenvalue weighted by atomic mass is 19.1. The van der Waals surface area contributed by atoms with E-state index >= 15 is 0 Å². The molecule has 4 atom stereocenters. The smallest absolute Gasteiger partial charge is 0.229 e. The standard InChI is InChI=1S/C25H31FN6O3/c1-15-2-5-18(13-20(15)35-11-8-32-6-9-34-10-7-32)29-25-28-14-19(26)24(31-25)30-22-17-4-3-16(12-17)21(22)23(27)33/h2-5,13-14,16-17,21-22H,6-12H2,1H3,(H2,27,33)(H2,28,29,30,31)/t16-,17+,21+,22-/m1/s1. The fraction of sp³-hybridized carbons (Fsp3) is 0.480. The zero-order chi connectivity index (χ0) is 24.4. The van der Waals surface area contributed by atoms with Crippen LogP contribution < -0.4 is 21.1 Å². The van der Waals surface area contributed by atoms with E-state index in [9.17, 15) is 9.18 Å². The zero-order valence-electron chi connectivity index (χ0n) is 19.7. The number of nitrogens with zero attached hydrogens (tertiary/aromatic N) is 3. The van der Waals surface area contributed by atoms with Crippen molar-refractivity contribution in [3.8, 4) is 5.75 Å². The van der Waals surface area contributed by atoms with Gasteiger partial charge in [-0.1, -0.05) is 18.2 Å². The molecule has 0 unspecified atom stereocenters. The Balaban J connectivity index is 1.25. The van der Waals surface area contributed by atoms with Crippen LogP contribution in [0.25, 0.3) is 0 Å². The molecule has 5 rings (SSSR count). The number of halogens is 1. The minimum Gasteiger partial charge on any atom is -0.492 e. The first-order valence-electron chi connectivity index (χ1n) is 12.1. The van der Waals surface area contributed by atoms with Gasteiger partial charge in [-0.05, 0) is 36.8 Å². The average Bonchev–Trinajstić information content (AvgIpc) is 3.46. The number of carbonyl (C=O) groups is 1. The van der Waals surface area contributed by atoms with Crippen LogP contribution in [0.1, 0.15) is 12.0 Å². The van der Waals surface area contributed by atoms with Gasteiger partial charge in [0.15, 0.2) is 11.6 Å². The van der Waals surface area contributed by atoms with Crippen molar-refractivity contribution in [2.75, 3.05) is 50.1 Å². The van der Waals surface area contributed by atoms with Gasteiger partial charge in [0, 0.05) is 37.4 Å². The van der Waals surface area contributed by atoms with E-state index in [1.807, 2.05) is 31.2 Å². The molecule has 1 saturated carbocycles. The number of hydrogen-bond acceptors (Lipinski definition) is 8. The number of benzene rings is 1. The van der Waals surface area contributed by atoms with Gasteiger partial charge in [-0.25, -0.2) is 9.37 Å². The van der Waals surface area contributed by atoms with E-state index in [2.05, 4.69) is 31.6 Å². The third-order valence-electron chi connectivity index (χ3n) is 7.05. The highest BCUT2D eigenvalue weighted by molar-refractivity contribution is 5.79. The fourth-order valence-electron chi connectivity index (χ4n) is 5.17. The van der Waals surface area contributed by atoms with Gasteiger partial charge >= 0.3 is 0 Å². The van der Waals surface area contributed by atoms with Crippen LogP contribution in [0.3, 0.4) is 0 Å². The second-order valence-electron chi connectivity index (χ2n) is 9.34. The molecule has 3 aliphatic rings. The van der Waals surface area contributed by atoms with Gasteiger partial charge in [0.05, 0.1) is 25.3 Å². The number of nitrogens with one attached hydrogen (secondary N) is 2. The van der Waals surface area contributed by atoms with Gasteiger partial charge in [0.25, 0.3) is 0 Å². The molecule has 9 nitrogen and oxygen atoms in total. The van der Waals surface area contributed by atoms with Crippen molar-refractivity contribution in [1.29, 1.82) is 0 Å². The molecular formula is C25H31FN6O3. The van der Waals surface area contributed by atoms with Crippen LogP contribution in [0.4, 0.5) is 21.8 Å². The number of aromatic nitrogens is 2. The van der Waals surface area contributed by atoms with Crippen molar-refractivity contribution in [3.63, 3.8) is 0 Å². The molecule has 1 saturated heterocycles. The van der Waals surface area contributed by atoms with E-state index in [0.717, 1.165) is 62.5 Å². The number of primary amides is 1. The van der Waals surface area contributed by atoms with Crippen LogP contribution in [0, 0.1) is 30.5 Å².